The molecule has 0 saturated carbocycles. The van der Waals surface area contributed by atoms with E-state index in [2.05, 4.69) is 4.98 Å². The van der Waals surface area contributed by atoms with Crippen molar-refractivity contribution in [2.24, 2.45) is 0 Å². The van der Waals surface area contributed by atoms with Gasteiger partial charge in [0.25, 0.3) is 5.91 Å². The van der Waals surface area contributed by atoms with E-state index in [4.69, 9.17) is 9.47 Å². The first-order valence-corrected chi connectivity index (χ1v) is 7.82. The summed E-state index contributed by atoms with van der Waals surface area (Å²) in [5.41, 5.74) is -1.51. The van der Waals surface area contributed by atoms with Crippen molar-refractivity contribution in [2.75, 3.05) is 26.8 Å². The molecule has 0 aromatic carbocycles. The van der Waals surface area contributed by atoms with Gasteiger partial charge < -0.3 is 14.4 Å². The Hall–Kier alpha value is -1.67. The van der Waals surface area contributed by atoms with Crippen LogP contribution in [-0.4, -0.2) is 54.3 Å². The van der Waals surface area contributed by atoms with Crippen molar-refractivity contribution >= 4 is 5.91 Å². The van der Waals surface area contributed by atoms with E-state index in [1.54, 1.807) is 12.0 Å². The normalized spacial score (nSPS) is 27.7. The second-order valence-corrected chi connectivity index (χ2v) is 6.31. The number of carbonyl (C=O) groups excluding carboxylic acids is 1. The van der Waals surface area contributed by atoms with Crippen LogP contribution in [0.2, 0.25) is 0 Å². The molecule has 1 amide bonds. The van der Waals surface area contributed by atoms with Crippen molar-refractivity contribution in [3.8, 4) is 0 Å². The smallest absolute Gasteiger partial charge is 0.379 e. The maximum absolute atomic E-state index is 12.8. The molecule has 1 aromatic rings. The summed E-state index contributed by atoms with van der Waals surface area (Å²) in [6.45, 7) is 1.35. The summed E-state index contributed by atoms with van der Waals surface area (Å²) in [6.07, 6.45) is -1.29. The number of halogens is 3. The average Bonchev–Trinajstić information content (AvgIpc) is 2.96. The van der Waals surface area contributed by atoms with Gasteiger partial charge in [0.05, 0.1) is 24.9 Å². The van der Waals surface area contributed by atoms with Crippen molar-refractivity contribution in [1.29, 1.82) is 0 Å². The van der Waals surface area contributed by atoms with E-state index in [1.807, 2.05) is 0 Å². The fraction of sp³-hybridized carbons (Fsp3) is 0.625. The van der Waals surface area contributed by atoms with Crippen LogP contribution >= 0.6 is 0 Å². The molecule has 2 atom stereocenters. The van der Waals surface area contributed by atoms with Gasteiger partial charge in [-0.25, -0.2) is 0 Å². The lowest BCUT2D eigenvalue weighted by Gasteiger charge is -2.39. The highest BCUT2D eigenvalue weighted by Crippen LogP contribution is 2.36. The van der Waals surface area contributed by atoms with Gasteiger partial charge >= 0.3 is 6.18 Å². The Bertz CT molecular complexity index is 623. The molecule has 0 unspecified atom stereocenters. The maximum atomic E-state index is 12.8. The molecule has 3 heterocycles. The third kappa shape index (κ3) is 3.39. The van der Waals surface area contributed by atoms with Crippen LogP contribution in [0.25, 0.3) is 0 Å². The van der Waals surface area contributed by atoms with E-state index >= 15 is 0 Å². The van der Waals surface area contributed by atoms with Crippen LogP contribution in [0.15, 0.2) is 18.3 Å². The molecule has 2 aliphatic heterocycles. The zero-order valence-electron chi connectivity index (χ0n) is 13.3. The number of methoxy groups -OCH3 is 1. The topological polar surface area (TPSA) is 51.7 Å². The average molecular weight is 344 g/mol. The van der Waals surface area contributed by atoms with Crippen molar-refractivity contribution in [3.05, 3.63) is 29.6 Å². The number of carbonyl (C=O) groups is 1. The molecule has 0 N–H and O–H groups in total. The van der Waals surface area contributed by atoms with Crippen LogP contribution in [0.5, 0.6) is 0 Å². The lowest BCUT2D eigenvalue weighted by atomic mass is 9.89. The molecule has 2 aliphatic rings. The van der Waals surface area contributed by atoms with E-state index < -0.39 is 23.4 Å². The number of aromatic nitrogens is 1. The van der Waals surface area contributed by atoms with Crippen LogP contribution in [0, 0.1) is 0 Å². The molecule has 0 bridgehead atoms. The standard InChI is InChI=1S/C16H19F3N2O3/c1-23-12-8-15(24-9-12)4-2-6-21(10-15)14(22)11-3-5-20-13(7-11)16(17,18)19/h3,5,7,12H,2,4,6,8-10H2,1H3/t12-,15-/m1/s1. The van der Waals surface area contributed by atoms with Crippen LogP contribution in [0.4, 0.5) is 13.2 Å². The molecule has 24 heavy (non-hydrogen) atoms. The Kier molecular flexibility index (Phi) is 4.52. The van der Waals surface area contributed by atoms with Crippen LogP contribution in [0.1, 0.15) is 35.3 Å². The number of rotatable bonds is 2. The summed E-state index contributed by atoms with van der Waals surface area (Å²) < 4.78 is 49.5. The molecular formula is C16H19F3N2O3. The maximum Gasteiger partial charge on any atom is 0.433 e. The van der Waals surface area contributed by atoms with E-state index in [9.17, 15) is 18.0 Å². The zero-order chi connectivity index (χ0) is 17.4. The fourth-order valence-electron chi connectivity index (χ4n) is 3.41. The molecule has 2 saturated heterocycles. The van der Waals surface area contributed by atoms with E-state index in [-0.39, 0.29) is 11.7 Å². The number of hydrogen-bond donors (Lipinski definition) is 0. The molecule has 1 spiro atoms. The predicted octanol–water partition coefficient (Wildman–Crippen LogP) is 2.51. The second-order valence-electron chi connectivity index (χ2n) is 6.31. The lowest BCUT2D eigenvalue weighted by molar-refractivity contribution is -0.141. The molecular weight excluding hydrogens is 325 g/mol. The molecule has 5 nitrogen and oxygen atoms in total. The highest BCUT2D eigenvalue weighted by Gasteiger charge is 2.45. The van der Waals surface area contributed by atoms with Gasteiger partial charge in [0, 0.05) is 31.8 Å². The highest BCUT2D eigenvalue weighted by atomic mass is 19.4. The van der Waals surface area contributed by atoms with E-state index in [0.717, 1.165) is 25.1 Å². The Balaban J connectivity index is 1.76. The number of amides is 1. The monoisotopic (exact) mass is 344 g/mol. The molecule has 2 fully saturated rings. The van der Waals surface area contributed by atoms with E-state index in [0.29, 0.717) is 26.1 Å². The number of hydrogen-bond acceptors (Lipinski definition) is 4. The number of pyridine rings is 1. The third-order valence-electron chi connectivity index (χ3n) is 4.63. The molecule has 3 rings (SSSR count). The quantitative estimate of drug-likeness (QED) is 0.827. The van der Waals surface area contributed by atoms with E-state index in [1.165, 1.54) is 6.07 Å². The first-order chi connectivity index (χ1) is 11.3. The molecule has 0 aliphatic carbocycles. The summed E-state index contributed by atoms with van der Waals surface area (Å²) in [6, 6.07) is 2.11. The van der Waals surface area contributed by atoms with Gasteiger partial charge in [0.2, 0.25) is 0 Å². The Labute approximate surface area is 137 Å². The molecule has 8 heteroatoms. The lowest BCUT2D eigenvalue weighted by Crippen LogP contribution is -2.50. The van der Waals surface area contributed by atoms with Crippen LogP contribution in [-0.2, 0) is 15.7 Å². The summed E-state index contributed by atoms with van der Waals surface area (Å²) in [7, 11) is 1.62. The summed E-state index contributed by atoms with van der Waals surface area (Å²) in [4.78, 5) is 17.5. The van der Waals surface area contributed by atoms with Crippen molar-refractivity contribution in [1.82, 2.24) is 9.88 Å². The fourth-order valence-corrected chi connectivity index (χ4v) is 3.41. The van der Waals surface area contributed by atoms with Gasteiger partial charge in [-0.2, -0.15) is 13.2 Å². The van der Waals surface area contributed by atoms with Crippen molar-refractivity contribution < 1.29 is 27.4 Å². The van der Waals surface area contributed by atoms with Gasteiger partial charge in [-0.3, -0.25) is 9.78 Å². The first-order valence-electron chi connectivity index (χ1n) is 7.82. The van der Waals surface area contributed by atoms with Crippen LogP contribution < -0.4 is 0 Å². The summed E-state index contributed by atoms with van der Waals surface area (Å²) in [5.74, 6) is -0.425. The number of alkyl halides is 3. The SMILES string of the molecule is CO[C@H]1CO[C@]2(CCCN(C(=O)c3ccnc(C(F)(F)F)c3)C2)C1. The van der Waals surface area contributed by atoms with Crippen molar-refractivity contribution in [2.45, 2.75) is 37.1 Å². The minimum Gasteiger partial charge on any atom is -0.379 e. The van der Waals surface area contributed by atoms with Gasteiger partial charge in [-0.05, 0) is 25.0 Å². The largest absolute Gasteiger partial charge is 0.433 e. The Morgan fingerprint density at radius 2 is 2.29 bits per heavy atom. The number of ether oxygens (including phenoxy) is 2. The molecule has 132 valence electrons. The Morgan fingerprint density at radius 1 is 1.50 bits per heavy atom. The third-order valence-corrected chi connectivity index (χ3v) is 4.63. The minimum absolute atomic E-state index is 0.00203. The molecule has 1 aromatic heterocycles. The van der Waals surface area contributed by atoms with Crippen LogP contribution in [0.3, 0.4) is 0 Å². The van der Waals surface area contributed by atoms with Gasteiger partial charge in [0.1, 0.15) is 5.69 Å². The van der Waals surface area contributed by atoms with Gasteiger partial charge in [-0.15, -0.1) is 0 Å². The zero-order valence-corrected chi connectivity index (χ0v) is 13.3. The predicted molar refractivity (Wildman–Crippen MR) is 78.5 cm³/mol. The Morgan fingerprint density at radius 3 is 2.96 bits per heavy atom. The summed E-state index contributed by atoms with van der Waals surface area (Å²) >= 11 is 0. The highest BCUT2D eigenvalue weighted by molar-refractivity contribution is 5.94. The molecule has 0 radical (unpaired) electrons. The van der Waals surface area contributed by atoms with Gasteiger partial charge in [-0.1, -0.05) is 0 Å². The number of piperidine rings is 1. The van der Waals surface area contributed by atoms with Gasteiger partial charge in [0.15, 0.2) is 0 Å². The number of nitrogens with zero attached hydrogens (tertiary/aromatic N) is 2. The summed E-state index contributed by atoms with van der Waals surface area (Å²) in [5, 5.41) is 0. The minimum atomic E-state index is -4.57. The van der Waals surface area contributed by atoms with Crippen molar-refractivity contribution in [3.63, 3.8) is 0 Å². The second kappa shape index (κ2) is 6.33. The number of likely N-dealkylation sites (tertiary alicyclic amines) is 1. The first kappa shape index (κ1) is 17.2.